The van der Waals surface area contributed by atoms with Crippen molar-refractivity contribution in [2.24, 2.45) is 11.8 Å². The van der Waals surface area contributed by atoms with Crippen molar-refractivity contribution in [3.63, 3.8) is 0 Å². The molecule has 0 aromatic heterocycles. The van der Waals surface area contributed by atoms with Crippen LogP contribution in [0.3, 0.4) is 0 Å². The maximum Gasteiger partial charge on any atom is -0.0386 e. The van der Waals surface area contributed by atoms with Crippen LogP contribution in [0.1, 0.15) is 79.1 Å². The molecule has 0 aromatic carbocycles. The van der Waals surface area contributed by atoms with Crippen molar-refractivity contribution in [1.82, 2.24) is 0 Å². The van der Waals surface area contributed by atoms with Crippen molar-refractivity contribution >= 4 is 0 Å². The van der Waals surface area contributed by atoms with E-state index in [1.54, 1.807) is 25.7 Å². The van der Waals surface area contributed by atoms with E-state index in [0.717, 1.165) is 11.8 Å². The van der Waals surface area contributed by atoms with Gasteiger partial charge in [0.25, 0.3) is 0 Å². The Labute approximate surface area is 91.5 Å². The van der Waals surface area contributed by atoms with Gasteiger partial charge in [0, 0.05) is 0 Å². The van der Waals surface area contributed by atoms with Gasteiger partial charge in [-0.3, -0.25) is 0 Å². The highest BCUT2D eigenvalue weighted by atomic mass is 14.3. The molecule has 0 N–H and O–H groups in total. The normalized spacial score (nSPS) is 30.0. The van der Waals surface area contributed by atoms with Crippen molar-refractivity contribution in [2.75, 3.05) is 0 Å². The molecule has 0 aliphatic heterocycles. The van der Waals surface area contributed by atoms with Crippen molar-refractivity contribution in [2.45, 2.75) is 79.1 Å². The summed E-state index contributed by atoms with van der Waals surface area (Å²) in [7, 11) is 0. The largest absolute Gasteiger partial charge is 0.0683 e. The highest BCUT2D eigenvalue weighted by molar-refractivity contribution is 4.78. The molecular formula is C14H30. The van der Waals surface area contributed by atoms with Crippen LogP contribution in [0.5, 0.6) is 0 Å². The van der Waals surface area contributed by atoms with Crippen LogP contribution >= 0.6 is 0 Å². The van der Waals surface area contributed by atoms with Crippen LogP contribution in [0.2, 0.25) is 0 Å². The first kappa shape index (κ1) is 14.0. The predicted octanol–water partition coefficient (Wildman–Crippen LogP) is 5.42. The summed E-state index contributed by atoms with van der Waals surface area (Å²) < 4.78 is 0. The van der Waals surface area contributed by atoms with Crippen LogP contribution in [-0.4, -0.2) is 0 Å². The van der Waals surface area contributed by atoms with Gasteiger partial charge in [-0.1, -0.05) is 79.1 Å². The molecule has 2 aliphatic carbocycles. The zero-order chi connectivity index (χ0) is 10.8. The van der Waals surface area contributed by atoms with Gasteiger partial charge in [-0.25, -0.2) is 0 Å². The van der Waals surface area contributed by atoms with E-state index in [4.69, 9.17) is 0 Å². The van der Waals surface area contributed by atoms with E-state index in [2.05, 4.69) is 0 Å². The molecular weight excluding hydrogens is 168 g/mol. The monoisotopic (exact) mass is 198 g/mol. The first-order valence-electron chi connectivity index (χ1n) is 6.97. The van der Waals surface area contributed by atoms with Crippen LogP contribution in [0.25, 0.3) is 0 Å². The fraction of sp³-hybridized carbons (Fsp3) is 1.00. The molecule has 0 heteroatoms. The lowest BCUT2D eigenvalue weighted by atomic mass is 9.71. The third kappa shape index (κ3) is 4.48. The molecule has 0 nitrogen and oxygen atoms in total. The number of fused-ring (bicyclic) bond motifs is 1. The lowest BCUT2D eigenvalue weighted by molar-refractivity contribution is 0.171. The molecule has 0 amide bonds. The Morgan fingerprint density at radius 3 is 0.929 bits per heavy atom. The smallest absolute Gasteiger partial charge is 0.0386 e. The summed E-state index contributed by atoms with van der Waals surface area (Å²) in [5, 5.41) is 0. The van der Waals surface area contributed by atoms with E-state index in [-0.39, 0.29) is 0 Å². The zero-order valence-electron chi connectivity index (χ0n) is 10.8. The van der Waals surface area contributed by atoms with E-state index in [1.807, 2.05) is 27.7 Å². The molecule has 2 saturated carbocycles. The molecule has 86 valence electrons. The van der Waals surface area contributed by atoms with E-state index in [1.165, 1.54) is 25.7 Å². The van der Waals surface area contributed by atoms with Gasteiger partial charge in [0.05, 0.1) is 0 Å². The Morgan fingerprint density at radius 2 is 0.714 bits per heavy atom. The van der Waals surface area contributed by atoms with Crippen molar-refractivity contribution in [3.8, 4) is 0 Å². The Kier molecular flexibility index (Phi) is 9.55. The molecule has 14 heavy (non-hydrogen) atoms. The summed E-state index contributed by atoms with van der Waals surface area (Å²) in [6.45, 7) is 8.00. The fourth-order valence-electron chi connectivity index (χ4n) is 2.86. The highest BCUT2D eigenvalue weighted by Crippen LogP contribution is 2.39. The summed E-state index contributed by atoms with van der Waals surface area (Å²) in [4.78, 5) is 0. The Morgan fingerprint density at radius 1 is 0.500 bits per heavy atom. The van der Waals surface area contributed by atoms with Crippen LogP contribution in [-0.2, 0) is 0 Å². The second-order valence-electron chi connectivity index (χ2n) is 4.09. The Bertz CT molecular complexity index is 80.6. The van der Waals surface area contributed by atoms with Gasteiger partial charge in [-0.15, -0.1) is 0 Å². The summed E-state index contributed by atoms with van der Waals surface area (Å²) in [5.41, 5.74) is 0. The number of hydrogen-bond donors (Lipinski definition) is 0. The van der Waals surface area contributed by atoms with Crippen LogP contribution in [0.15, 0.2) is 0 Å². The molecule has 2 aliphatic rings. The molecule has 0 radical (unpaired) electrons. The lowest BCUT2D eigenvalue weighted by Gasteiger charge is -2.35. The Balaban J connectivity index is 0.000000379. The second-order valence-corrected chi connectivity index (χ2v) is 4.09. The molecule has 2 rings (SSSR count). The average molecular weight is 198 g/mol. The molecule has 0 unspecified atom stereocenters. The van der Waals surface area contributed by atoms with Crippen LogP contribution in [0, 0.1) is 11.8 Å². The third-order valence-electron chi connectivity index (χ3n) is 3.47. The van der Waals surface area contributed by atoms with Gasteiger partial charge in [-0.05, 0) is 11.8 Å². The lowest BCUT2D eigenvalue weighted by Crippen LogP contribution is -2.22. The van der Waals surface area contributed by atoms with Gasteiger partial charge >= 0.3 is 0 Å². The first-order valence-corrected chi connectivity index (χ1v) is 6.97. The second kappa shape index (κ2) is 9.55. The minimum Gasteiger partial charge on any atom is -0.0683 e. The van der Waals surface area contributed by atoms with Crippen LogP contribution in [0.4, 0.5) is 0 Å². The van der Waals surface area contributed by atoms with Crippen LogP contribution < -0.4 is 0 Å². The standard InChI is InChI=1S/C10H18.2C2H6/c1-2-6-10-8-4-3-7-9(10)5-1;2*1-2/h9-10H,1-8H2;2*1-2H3. The van der Waals surface area contributed by atoms with E-state index in [9.17, 15) is 0 Å². The van der Waals surface area contributed by atoms with E-state index < -0.39 is 0 Å². The summed E-state index contributed by atoms with van der Waals surface area (Å²) in [5.74, 6) is 2.31. The predicted molar refractivity (Wildman–Crippen MR) is 66.6 cm³/mol. The highest BCUT2D eigenvalue weighted by Gasteiger charge is 2.26. The topological polar surface area (TPSA) is 0 Å². The molecule has 0 heterocycles. The minimum atomic E-state index is 1.16. The van der Waals surface area contributed by atoms with Gasteiger partial charge in [0.15, 0.2) is 0 Å². The van der Waals surface area contributed by atoms with Gasteiger partial charge < -0.3 is 0 Å². The van der Waals surface area contributed by atoms with Gasteiger partial charge in [0.1, 0.15) is 0 Å². The molecule has 2 fully saturated rings. The quantitative estimate of drug-likeness (QED) is 0.487. The minimum absolute atomic E-state index is 1.16. The molecule has 0 saturated heterocycles. The SMILES string of the molecule is C1CCC2CCCCC2C1.CC.CC. The molecule has 0 aromatic rings. The average Bonchev–Trinajstić information content (AvgIpc) is 2.34. The van der Waals surface area contributed by atoms with Crippen molar-refractivity contribution < 1.29 is 0 Å². The van der Waals surface area contributed by atoms with E-state index >= 15 is 0 Å². The number of hydrogen-bond acceptors (Lipinski definition) is 0. The Hall–Kier alpha value is 0. The van der Waals surface area contributed by atoms with E-state index in [0.29, 0.717) is 0 Å². The van der Waals surface area contributed by atoms with Gasteiger partial charge in [0.2, 0.25) is 0 Å². The summed E-state index contributed by atoms with van der Waals surface area (Å²) in [6.07, 6.45) is 12.4. The summed E-state index contributed by atoms with van der Waals surface area (Å²) >= 11 is 0. The third-order valence-corrected chi connectivity index (χ3v) is 3.47. The van der Waals surface area contributed by atoms with Crippen molar-refractivity contribution in [1.29, 1.82) is 0 Å². The molecule has 0 bridgehead atoms. The molecule has 0 atom stereocenters. The maximum absolute atomic E-state index is 2.00. The van der Waals surface area contributed by atoms with Gasteiger partial charge in [-0.2, -0.15) is 0 Å². The zero-order valence-corrected chi connectivity index (χ0v) is 10.8. The molecule has 0 spiro atoms. The van der Waals surface area contributed by atoms with Crippen molar-refractivity contribution in [3.05, 3.63) is 0 Å². The number of rotatable bonds is 0. The summed E-state index contributed by atoms with van der Waals surface area (Å²) in [6, 6.07) is 0. The first-order chi connectivity index (χ1) is 6.97. The maximum atomic E-state index is 2.00. The fourth-order valence-corrected chi connectivity index (χ4v) is 2.86.